The summed E-state index contributed by atoms with van der Waals surface area (Å²) >= 11 is 5.98. The number of guanidine groups is 1. The first-order valence-corrected chi connectivity index (χ1v) is 10.4. The molecule has 0 bridgehead atoms. The predicted octanol–water partition coefficient (Wildman–Crippen LogP) is 2.28. The van der Waals surface area contributed by atoms with Crippen LogP contribution in [-0.2, 0) is 0 Å². The third kappa shape index (κ3) is 6.93. The van der Waals surface area contributed by atoms with Crippen LogP contribution in [0.25, 0.3) is 0 Å². The van der Waals surface area contributed by atoms with Crippen molar-refractivity contribution in [3.63, 3.8) is 0 Å². The summed E-state index contributed by atoms with van der Waals surface area (Å²) in [5.74, 6) is 1.22. The van der Waals surface area contributed by atoms with E-state index < -0.39 is 0 Å². The van der Waals surface area contributed by atoms with Crippen molar-refractivity contribution < 1.29 is 0 Å². The number of halogens is 2. The van der Waals surface area contributed by atoms with Gasteiger partial charge in [-0.2, -0.15) is 0 Å². The molecule has 3 rings (SSSR count). The second-order valence-corrected chi connectivity index (χ2v) is 8.29. The number of aliphatic imine (C=N–C) groups is 1. The Hall–Kier alpha value is -0.770. The number of nitrogens with two attached hydrogens (primary N) is 1. The first kappa shape index (κ1) is 23.5. The minimum absolute atomic E-state index is 0. The predicted molar refractivity (Wildman–Crippen MR) is 130 cm³/mol. The van der Waals surface area contributed by atoms with E-state index in [1.54, 1.807) is 0 Å². The zero-order chi connectivity index (χ0) is 19.2. The van der Waals surface area contributed by atoms with E-state index in [0.717, 1.165) is 70.5 Å². The Labute approximate surface area is 191 Å². The van der Waals surface area contributed by atoms with Crippen LogP contribution in [0.15, 0.2) is 29.3 Å². The molecule has 2 aliphatic rings. The van der Waals surface area contributed by atoms with Crippen LogP contribution in [0.5, 0.6) is 0 Å². The summed E-state index contributed by atoms with van der Waals surface area (Å²) in [6, 6.07) is 8.05. The Morgan fingerprint density at radius 2 is 1.64 bits per heavy atom. The van der Waals surface area contributed by atoms with Gasteiger partial charge in [0.05, 0.1) is 0 Å². The van der Waals surface area contributed by atoms with E-state index in [2.05, 4.69) is 50.7 Å². The number of anilines is 1. The van der Waals surface area contributed by atoms with Crippen molar-refractivity contribution in [1.82, 2.24) is 14.7 Å². The van der Waals surface area contributed by atoms with Gasteiger partial charge in [-0.25, -0.2) is 0 Å². The number of hydrogen-bond donors (Lipinski definition) is 1. The lowest BCUT2D eigenvalue weighted by Crippen LogP contribution is -2.51. The van der Waals surface area contributed by atoms with Crippen LogP contribution in [0.1, 0.15) is 6.92 Å². The van der Waals surface area contributed by atoms with Crippen molar-refractivity contribution in [3.8, 4) is 0 Å². The van der Waals surface area contributed by atoms with Gasteiger partial charge in [-0.1, -0.05) is 18.5 Å². The van der Waals surface area contributed by atoms with Crippen LogP contribution >= 0.6 is 35.6 Å². The van der Waals surface area contributed by atoms with Gasteiger partial charge in [0.15, 0.2) is 5.96 Å². The Kier molecular flexibility index (Phi) is 9.59. The van der Waals surface area contributed by atoms with Gasteiger partial charge < -0.3 is 25.3 Å². The maximum absolute atomic E-state index is 6.27. The van der Waals surface area contributed by atoms with Crippen LogP contribution in [0.3, 0.4) is 0 Å². The second-order valence-electron chi connectivity index (χ2n) is 7.86. The fraction of sp³-hybridized carbons (Fsp3) is 0.650. The number of nitrogens with zero attached hydrogens (tertiary/aromatic N) is 5. The van der Waals surface area contributed by atoms with Crippen molar-refractivity contribution in [3.05, 3.63) is 29.3 Å². The van der Waals surface area contributed by atoms with E-state index in [-0.39, 0.29) is 24.0 Å². The van der Waals surface area contributed by atoms with E-state index in [1.165, 1.54) is 5.69 Å². The molecule has 0 saturated carbocycles. The van der Waals surface area contributed by atoms with Crippen molar-refractivity contribution in [1.29, 1.82) is 0 Å². The second kappa shape index (κ2) is 11.4. The molecule has 2 saturated heterocycles. The smallest absolute Gasteiger partial charge is 0.191 e. The molecule has 1 aromatic rings. The van der Waals surface area contributed by atoms with Gasteiger partial charge in [0, 0.05) is 76.2 Å². The van der Waals surface area contributed by atoms with E-state index in [0.29, 0.717) is 11.9 Å². The first-order valence-electron chi connectivity index (χ1n) is 9.97. The highest BCUT2D eigenvalue weighted by Gasteiger charge is 2.19. The highest BCUT2D eigenvalue weighted by molar-refractivity contribution is 14.0. The summed E-state index contributed by atoms with van der Waals surface area (Å²) in [4.78, 5) is 14.2. The van der Waals surface area contributed by atoms with Crippen LogP contribution in [-0.4, -0.2) is 93.2 Å². The molecule has 0 spiro atoms. The first-order chi connectivity index (χ1) is 13.0. The Balaban J connectivity index is 0.00000280. The van der Waals surface area contributed by atoms with Crippen molar-refractivity contribution in [2.24, 2.45) is 16.6 Å². The molecular weight excluding hydrogens is 487 g/mol. The largest absolute Gasteiger partial charge is 0.370 e. The summed E-state index contributed by atoms with van der Waals surface area (Å²) in [5, 5.41) is 0.777. The third-order valence-corrected chi connectivity index (χ3v) is 5.78. The van der Waals surface area contributed by atoms with E-state index in [9.17, 15) is 0 Å². The number of benzene rings is 1. The summed E-state index contributed by atoms with van der Waals surface area (Å²) in [7, 11) is 2.19. The fourth-order valence-electron chi connectivity index (χ4n) is 3.72. The molecule has 0 amide bonds. The minimum atomic E-state index is 0. The maximum Gasteiger partial charge on any atom is 0.191 e. The lowest BCUT2D eigenvalue weighted by molar-refractivity contribution is 0.140. The molecule has 6 nitrogen and oxygen atoms in total. The molecule has 1 unspecified atom stereocenters. The average Bonchev–Trinajstić information content (AvgIpc) is 2.69. The quantitative estimate of drug-likeness (QED) is 0.367. The molecule has 8 heteroatoms. The average molecular weight is 521 g/mol. The lowest BCUT2D eigenvalue weighted by Gasteiger charge is -2.37. The molecule has 1 aromatic carbocycles. The van der Waals surface area contributed by atoms with Gasteiger partial charge in [0.2, 0.25) is 0 Å². The molecule has 2 fully saturated rings. The van der Waals surface area contributed by atoms with Crippen molar-refractivity contribution >= 4 is 47.2 Å². The van der Waals surface area contributed by atoms with Gasteiger partial charge in [0.1, 0.15) is 0 Å². The van der Waals surface area contributed by atoms with Crippen LogP contribution in [0.2, 0.25) is 5.02 Å². The summed E-state index contributed by atoms with van der Waals surface area (Å²) < 4.78 is 0. The van der Waals surface area contributed by atoms with E-state index in [1.807, 2.05) is 12.1 Å². The fourth-order valence-corrected chi connectivity index (χ4v) is 3.85. The standard InChI is InChI=1S/C20H33ClN6.HI/c1-17(16-25-9-7-24(2)8-10-25)15-23-20(22)27-13-11-26(12-14-27)19-5-3-18(21)4-6-19;/h3-6,17H,7-16H2,1-2H3,(H2,22,23);1H. The Morgan fingerprint density at radius 1 is 1.04 bits per heavy atom. The highest BCUT2D eigenvalue weighted by atomic mass is 127. The highest BCUT2D eigenvalue weighted by Crippen LogP contribution is 2.19. The Morgan fingerprint density at radius 3 is 2.25 bits per heavy atom. The van der Waals surface area contributed by atoms with Crippen LogP contribution in [0.4, 0.5) is 5.69 Å². The van der Waals surface area contributed by atoms with Gasteiger partial charge in [0.25, 0.3) is 0 Å². The molecule has 1 atom stereocenters. The number of hydrogen-bond acceptors (Lipinski definition) is 4. The summed E-state index contributed by atoms with van der Waals surface area (Å²) in [6.07, 6.45) is 0. The molecule has 2 heterocycles. The number of piperazine rings is 2. The van der Waals surface area contributed by atoms with Crippen LogP contribution in [0, 0.1) is 5.92 Å². The molecule has 0 aliphatic carbocycles. The van der Waals surface area contributed by atoms with E-state index >= 15 is 0 Å². The number of likely N-dealkylation sites (N-methyl/N-ethyl adjacent to an activating group) is 1. The van der Waals surface area contributed by atoms with Gasteiger partial charge in [-0.05, 0) is 37.2 Å². The van der Waals surface area contributed by atoms with Gasteiger partial charge >= 0.3 is 0 Å². The lowest BCUT2D eigenvalue weighted by atomic mass is 10.1. The summed E-state index contributed by atoms with van der Waals surface area (Å²) in [5.41, 5.74) is 7.49. The normalized spacial score (nSPS) is 20.8. The molecular formula is C20H34ClIN6. The molecule has 0 radical (unpaired) electrons. The van der Waals surface area contributed by atoms with Gasteiger partial charge in [-0.3, -0.25) is 4.99 Å². The molecule has 28 heavy (non-hydrogen) atoms. The van der Waals surface area contributed by atoms with Gasteiger partial charge in [-0.15, -0.1) is 24.0 Å². The van der Waals surface area contributed by atoms with Crippen molar-refractivity contribution in [2.45, 2.75) is 6.92 Å². The van der Waals surface area contributed by atoms with Crippen LogP contribution < -0.4 is 10.6 Å². The monoisotopic (exact) mass is 520 g/mol. The topological polar surface area (TPSA) is 51.3 Å². The maximum atomic E-state index is 6.27. The minimum Gasteiger partial charge on any atom is -0.370 e. The zero-order valence-electron chi connectivity index (χ0n) is 17.1. The molecule has 0 aromatic heterocycles. The molecule has 2 aliphatic heterocycles. The molecule has 2 N–H and O–H groups in total. The Bertz CT molecular complexity index is 610. The molecule has 158 valence electrons. The number of rotatable bonds is 5. The summed E-state index contributed by atoms with van der Waals surface area (Å²) in [6.45, 7) is 12.5. The SMILES string of the molecule is CC(CN=C(N)N1CCN(c2ccc(Cl)cc2)CC1)CN1CCN(C)CC1.I. The zero-order valence-corrected chi connectivity index (χ0v) is 20.1. The van der Waals surface area contributed by atoms with E-state index in [4.69, 9.17) is 17.3 Å². The van der Waals surface area contributed by atoms with Crippen molar-refractivity contribution in [2.75, 3.05) is 77.4 Å². The third-order valence-electron chi connectivity index (χ3n) is 5.53.